The molecule has 0 unspecified atom stereocenters. The van der Waals surface area contributed by atoms with E-state index in [2.05, 4.69) is 29.4 Å². The van der Waals surface area contributed by atoms with Gasteiger partial charge in [-0.3, -0.25) is 4.99 Å². The molecule has 6 nitrogen and oxygen atoms in total. The summed E-state index contributed by atoms with van der Waals surface area (Å²) in [5, 5.41) is 3.11. The smallest absolute Gasteiger partial charge is 0.193 e. The maximum Gasteiger partial charge on any atom is 0.193 e. The number of rotatable bonds is 9. The molecule has 26 heavy (non-hydrogen) atoms. The van der Waals surface area contributed by atoms with Gasteiger partial charge in [-0.1, -0.05) is 19.1 Å². The maximum atomic E-state index is 5.93. The summed E-state index contributed by atoms with van der Waals surface area (Å²) in [6, 6.07) is 13.6. The molecule has 6 heteroatoms. The minimum absolute atomic E-state index is 0.404. The predicted octanol–water partition coefficient (Wildman–Crippen LogP) is 3.46. The molecule has 2 rings (SSSR count). The Bertz CT molecular complexity index is 710. The summed E-state index contributed by atoms with van der Waals surface area (Å²) in [5.74, 6) is 2.49. The fourth-order valence-electron chi connectivity index (χ4n) is 2.38. The average Bonchev–Trinajstić information content (AvgIpc) is 2.67. The largest absolute Gasteiger partial charge is 0.496 e. The zero-order valence-corrected chi connectivity index (χ0v) is 15.6. The molecule has 3 N–H and O–H groups in total. The Morgan fingerprint density at radius 3 is 2.38 bits per heavy atom. The third-order valence-electron chi connectivity index (χ3n) is 3.79. The van der Waals surface area contributed by atoms with Gasteiger partial charge in [0.25, 0.3) is 0 Å². The van der Waals surface area contributed by atoms with E-state index in [0.717, 1.165) is 18.5 Å². The highest BCUT2D eigenvalue weighted by Gasteiger charge is 2.03. The van der Waals surface area contributed by atoms with Gasteiger partial charge in [-0.25, -0.2) is 0 Å². The highest BCUT2D eigenvalue weighted by molar-refractivity contribution is 5.92. The van der Waals surface area contributed by atoms with Crippen molar-refractivity contribution in [2.24, 2.45) is 10.7 Å². The number of hydrogen-bond acceptors (Lipinski definition) is 4. The fourth-order valence-corrected chi connectivity index (χ4v) is 2.38. The SMILES string of the molecule is CCc1cccc(NC(N)=NCCCOc2cc(OC)cc(OC)c2)c1. The Kier molecular flexibility index (Phi) is 7.61. The van der Waals surface area contributed by atoms with Crippen LogP contribution in [0.5, 0.6) is 17.2 Å². The molecule has 0 radical (unpaired) electrons. The number of methoxy groups -OCH3 is 2. The highest BCUT2D eigenvalue weighted by Crippen LogP contribution is 2.27. The summed E-state index contributed by atoms with van der Waals surface area (Å²) in [7, 11) is 3.22. The first-order valence-electron chi connectivity index (χ1n) is 8.66. The second kappa shape index (κ2) is 10.2. The fraction of sp³-hybridized carbons (Fsp3) is 0.350. The third kappa shape index (κ3) is 6.20. The van der Waals surface area contributed by atoms with Crippen LogP contribution in [0.4, 0.5) is 5.69 Å². The van der Waals surface area contributed by atoms with Gasteiger partial charge in [0, 0.05) is 36.9 Å². The van der Waals surface area contributed by atoms with Crippen LogP contribution in [0, 0.1) is 0 Å². The molecular weight excluding hydrogens is 330 g/mol. The van der Waals surface area contributed by atoms with Crippen molar-refractivity contribution in [1.82, 2.24) is 0 Å². The first-order chi connectivity index (χ1) is 12.6. The van der Waals surface area contributed by atoms with E-state index in [-0.39, 0.29) is 0 Å². The lowest BCUT2D eigenvalue weighted by molar-refractivity contribution is 0.307. The summed E-state index contributed by atoms with van der Waals surface area (Å²) in [6.07, 6.45) is 1.73. The molecule has 0 atom stereocenters. The van der Waals surface area contributed by atoms with E-state index in [0.29, 0.717) is 36.4 Å². The summed E-state index contributed by atoms with van der Waals surface area (Å²) in [6.45, 7) is 3.22. The summed E-state index contributed by atoms with van der Waals surface area (Å²) in [5.41, 5.74) is 8.14. The molecule has 2 aromatic carbocycles. The van der Waals surface area contributed by atoms with Gasteiger partial charge in [-0.2, -0.15) is 0 Å². The number of nitrogens with zero attached hydrogens (tertiary/aromatic N) is 1. The van der Waals surface area contributed by atoms with Crippen molar-refractivity contribution >= 4 is 11.6 Å². The van der Waals surface area contributed by atoms with Crippen molar-refractivity contribution in [3.8, 4) is 17.2 Å². The number of hydrogen-bond donors (Lipinski definition) is 2. The first kappa shape index (κ1) is 19.4. The van der Waals surface area contributed by atoms with E-state index < -0.39 is 0 Å². The Hall–Kier alpha value is -2.89. The molecule has 0 aliphatic heterocycles. The Balaban J connectivity index is 1.78. The molecule has 0 saturated carbocycles. The molecule has 0 heterocycles. The number of nitrogens with two attached hydrogens (primary N) is 1. The van der Waals surface area contributed by atoms with Gasteiger partial charge in [-0.15, -0.1) is 0 Å². The number of anilines is 1. The highest BCUT2D eigenvalue weighted by atomic mass is 16.5. The van der Waals surface area contributed by atoms with Crippen LogP contribution < -0.4 is 25.3 Å². The second-order valence-electron chi connectivity index (χ2n) is 5.70. The van der Waals surface area contributed by atoms with Gasteiger partial charge in [0.1, 0.15) is 17.2 Å². The number of ether oxygens (including phenoxy) is 3. The molecule has 0 aromatic heterocycles. The number of aryl methyl sites for hydroxylation is 1. The molecule has 0 saturated heterocycles. The van der Waals surface area contributed by atoms with Crippen molar-refractivity contribution in [3.05, 3.63) is 48.0 Å². The zero-order valence-electron chi connectivity index (χ0n) is 15.6. The van der Waals surface area contributed by atoms with Crippen LogP contribution in [0.1, 0.15) is 18.9 Å². The lowest BCUT2D eigenvalue weighted by atomic mass is 10.1. The lowest BCUT2D eigenvalue weighted by Crippen LogP contribution is -2.23. The lowest BCUT2D eigenvalue weighted by Gasteiger charge is -2.10. The van der Waals surface area contributed by atoms with E-state index >= 15 is 0 Å². The predicted molar refractivity (Wildman–Crippen MR) is 106 cm³/mol. The quantitative estimate of drug-likeness (QED) is 0.408. The Labute approximate surface area is 155 Å². The molecule has 0 bridgehead atoms. The van der Waals surface area contributed by atoms with E-state index in [1.807, 2.05) is 24.3 Å². The molecular formula is C20H27N3O3. The average molecular weight is 357 g/mol. The van der Waals surface area contributed by atoms with Crippen LogP contribution in [0.3, 0.4) is 0 Å². The number of guanidine groups is 1. The maximum absolute atomic E-state index is 5.93. The van der Waals surface area contributed by atoms with Gasteiger partial charge >= 0.3 is 0 Å². The van der Waals surface area contributed by atoms with Crippen molar-refractivity contribution in [2.75, 3.05) is 32.7 Å². The summed E-state index contributed by atoms with van der Waals surface area (Å²) < 4.78 is 16.2. The van der Waals surface area contributed by atoms with Crippen LogP contribution in [-0.2, 0) is 6.42 Å². The van der Waals surface area contributed by atoms with Crippen LogP contribution >= 0.6 is 0 Å². The number of nitrogens with one attached hydrogen (secondary N) is 1. The Morgan fingerprint density at radius 1 is 1.04 bits per heavy atom. The van der Waals surface area contributed by atoms with Crippen molar-refractivity contribution in [1.29, 1.82) is 0 Å². The van der Waals surface area contributed by atoms with Crippen molar-refractivity contribution in [3.63, 3.8) is 0 Å². The van der Waals surface area contributed by atoms with Crippen LogP contribution in [0.15, 0.2) is 47.5 Å². The Morgan fingerprint density at radius 2 is 1.73 bits per heavy atom. The molecule has 140 valence electrons. The second-order valence-corrected chi connectivity index (χ2v) is 5.70. The minimum atomic E-state index is 0.404. The summed E-state index contributed by atoms with van der Waals surface area (Å²) >= 11 is 0. The van der Waals surface area contributed by atoms with E-state index in [1.54, 1.807) is 20.3 Å². The van der Waals surface area contributed by atoms with Gasteiger partial charge < -0.3 is 25.3 Å². The van der Waals surface area contributed by atoms with Crippen molar-refractivity contribution < 1.29 is 14.2 Å². The van der Waals surface area contributed by atoms with Gasteiger partial charge in [0.2, 0.25) is 0 Å². The third-order valence-corrected chi connectivity index (χ3v) is 3.79. The monoisotopic (exact) mass is 357 g/mol. The van der Waals surface area contributed by atoms with Gasteiger partial charge in [0.15, 0.2) is 5.96 Å². The van der Waals surface area contributed by atoms with Crippen molar-refractivity contribution in [2.45, 2.75) is 19.8 Å². The van der Waals surface area contributed by atoms with Crippen LogP contribution in [0.2, 0.25) is 0 Å². The van der Waals surface area contributed by atoms with E-state index in [9.17, 15) is 0 Å². The minimum Gasteiger partial charge on any atom is -0.496 e. The first-order valence-corrected chi connectivity index (χ1v) is 8.66. The van der Waals surface area contributed by atoms with Crippen LogP contribution in [0.25, 0.3) is 0 Å². The van der Waals surface area contributed by atoms with Crippen LogP contribution in [-0.4, -0.2) is 33.3 Å². The molecule has 0 fully saturated rings. The topological polar surface area (TPSA) is 78.1 Å². The standard InChI is InChI=1S/C20H27N3O3/c1-4-15-7-5-8-16(11-15)23-20(21)22-9-6-10-26-19-13-17(24-2)12-18(14-19)25-3/h5,7-8,11-14H,4,6,9-10H2,1-3H3,(H3,21,22,23). The number of benzene rings is 2. The molecule has 0 aliphatic carbocycles. The summed E-state index contributed by atoms with van der Waals surface area (Å²) in [4.78, 5) is 4.33. The zero-order chi connectivity index (χ0) is 18.8. The number of aliphatic imine (C=N–C) groups is 1. The van der Waals surface area contributed by atoms with Gasteiger partial charge in [0.05, 0.1) is 20.8 Å². The molecule has 2 aromatic rings. The van der Waals surface area contributed by atoms with E-state index in [4.69, 9.17) is 19.9 Å². The normalized spacial score (nSPS) is 11.1. The molecule has 0 aliphatic rings. The molecule has 0 amide bonds. The van der Waals surface area contributed by atoms with Gasteiger partial charge in [-0.05, 0) is 24.1 Å². The molecule has 0 spiro atoms. The van der Waals surface area contributed by atoms with E-state index in [1.165, 1.54) is 5.56 Å².